The van der Waals surface area contributed by atoms with Gasteiger partial charge in [0.15, 0.2) is 6.61 Å². The Labute approximate surface area is 184 Å². The summed E-state index contributed by atoms with van der Waals surface area (Å²) in [6.07, 6.45) is 0. The smallest absolute Gasteiger partial charge is 0.258 e. The highest BCUT2D eigenvalue weighted by Crippen LogP contribution is 2.30. The third-order valence-corrected chi connectivity index (χ3v) is 6.18. The van der Waals surface area contributed by atoms with E-state index in [1.807, 2.05) is 84.9 Å². The molecule has 31 heavy (non-hydrogen) atoms. The van der Waals surface area contributed by atoms with Crippen molar-refractivity contribution in [1.82, 2.24) is 10.3 Å². The van der Waals surface area contributed by atoms with Gasteiger partial charge in [-0.1, -0.05) is 72.8 Å². The molecular formula is C26H20N2O2S. The summed E-state index contributed by atoms with van der Waals surface area (Å²) in [5.41, 5.74) is 3.13. The van der Waals surface area contributed by atoms with Gasteiger partial charge in [-0.3, -0.25) is 4.79 Å². The fourth-order valence-electron chi connectivity index (χ4n) is 3.48. The van der Waals surface area contributed by atoms with Crippen molar-refractivity contribution >= 4 is 38.2 Å². The number of para-hydroxylation sites is 1. The van der Waals surface area contributed by atoms with Crippen LogP contribution in [-0.2, 0) is 11.3 Å². The third kappa shape index (κ3) is 4.27. The first kappa shape index (κ1) is 19.3. The van der Waals surface area contributed by atoms with Crippen LogP contribution in [0.5, 0.6) is 5.75 Å². The standard InChI is InChI=1S/C26H20N2O2S/c29-25(17-30-23-10-5-7-19-6-1-2-8-21(19)23)27-16-18-12-14-20(15-13-18)26-28-22-9-3-4-11-24(22)31-26/h1-15H,16-17H2,(H,27,29). The number of nitrogens with one attached hydrogen (secondary N) is 1. The first-order valence-corrected chi connectivity index (χ1v) is 10.9. The summed E-state index contributed by atoms with van der Waals surface area (Å²) in [6.45, 7) is 0.440. The molecule has 1 N–H and O–H groups in total. The molecule has 4 aromatic carbocycles. The molecule has 5 rings (SSSR count). The number of benzene rings is 4. The summed E-state index contributed by atoms with van der Waals surface area (Å²) in [7, 11) is 0. The number of amides is 1. The zero-order valence-electron chi connectivity index (χ0n) is 16.7. The Morgan fingerprint density at radius 1 is 0.871 bits per heavy atom. The van der Waals surface area contributed by atoms with E-state index in [1.165, 1.54) is 4.70 Å². The molecule has 0 unspecified atom stereocenters. The van der Waals surface area contributed by atoms with E-state index in [0.717, 1.165) is 32.4 Å². The molecule has 152 valence electrons. The number of hydrogen-bond acceptors (Lipinski definition) is 4. The van der Waals surface area contributed by atoms with Crippen LogP contribution in [0.4, 0.5) is 0 Å². The van der Waals surface area contributed by atoms with Crippen LogP contribution in [0, 0.1) is 0 Å². The molecule has 1 amide bonds. The first-order chi connectivity index (χ1) is 15.3. The molecule has 5 heteroatoms. The van der Waals surface area contributed by atoms with Gasteiger partial charge in [-0.25, -0.2) is 4.98 Å². The van der Waals surface area contributed by atoms with Crippen molar-refractivity contribution in [2.45, 2.75) is 6.54 Å². The normalized spacial score (nSPS) is 11.0. The Morgan fingerprint density at radius 3 is 2.52 bits per heavy atom. The van der Waals surface area contributed by atoms with Gasteiger partial charge < -0.3 is 10.1 Å². The van der Waals surface area contributed by atoms with Gasteiger partial charge in [-0.05, 0) is 29.1 Å². The van der Waals surface area contributed by atoms with Crippen molar-refractivity contribution in [3.8, 4) is 16.3 Å². The average molecular weight is 425 g/mol. The highest BCUT2D eigenvalue weighted by molar-refractivity contribution is 7.21. The second-order valence-electron chi connectivity index (χ2n) is 7.23. The summed E-state index contributed by atoms with van der Waals surface area (Å²) >= 11 is 1.68. The van der Waals surface area contributed by atoms with Gasteiger partial charge in [0, 0.05) is 17.5 Å². The predicted molar refractivity (Wildman–Crippen MR) is 126 cm³/mol. The molecule has 1 aromatic heterocycles. The molecule has 5 aromatic rings. The Balaban J connectivity index is 1.18. The number of carbonyl (C=O) groups is 1. The molecule has 0 fully saturated rings. The number of rotatable bonds is 6. The van der Waals surface area contributed by atoms with Gasteiger partial charge in [0.05, 0.1) is 10.2 Å². The minimum absolute atomic E-state index is 0.0161. The number of fused-ring (bicyclic) bond motifs is 2. The molecule has 0 radical (unpaired) electrons. The number of aromatic nitrogens is 1. The van der Waals surface area contributed by atoms with E-state index in [4.69, 9.17) is 9.72 Å². The van der Waals surface area contributed by atoms with Gasteiger partial charge in [-0.2, -0.15) is 0 Å². The van der Waals surface area contributed by atoms with E-state index in [0.29, 0.717) is 12.3 Å². The molecule has 0 aliphatic rings. The van der Waals surface area contributed by atoms with Crippen molar-refractivity contribution in [3.05, 3.63) is 96.6 Å². The maximum Gasteiger partial charge on any atom is 0.258 e. The molecule has 0 aliphatic carbocycles. The number of ether oxygens (including phenoxy) is 1. The quantitative estimate of drug-likeness (QED) is 0.374. The lowest BCUT2D eigenvalue weighted by molar-refractivity contribution is -0.123. The Kier molecular flexibility index (Phi) is 5.33. The van der Waals surface area contributed by atoms with Crippen molar-refractivity contribution in [2.75, 3.05) is 6.61 Å². The maximum atomic E-state index is 12.3. The van der Waals surface area contributed by atoms with Gasteiger partial charge in [-0.15, -0.1) is 11.3 Å². The molecule has 0 aliphatic heterocycles. The Bertz CT molecular complexity index is 1320. The maximum absolute atomic E-state index is 12.3. The summed E-state index contributed by atoms with van der Waals surface area (Å²) in [6, 6.07) is 30.1. The fourth-order valence-corrected chi connectivity index (χ4v) is 4.45. The first-order valence-electron chi connectivity index (χ1n) is 10.1. The predicted octanol–water partition coefficient (Wildman–Crippen LogP) is 5.81. The van der Waals surface area contributed by atoms with E-state index in [2.05, 4.69) is 11.4 Å². The van der Waals surface area contributed by atoms with Crippen LogP contribution in [0.25, 0.3) is 31.6 Å². The van der Waals surface area contributed by atoms with E-state index < -0.39 is 0 Å². The lowest BCUT2D eigenvalue weighted by atomic mass is 10.1. The summed E-state index contributed by atoms with van der Waals surface area (Å²) in [5.74, 6) is 0.566. The number of thiazole rings is 1. The molecule has 0 spiro atoms. The van der Waals surface area contributed by atoms with Gasteiger partial charge >= 0.3 is 0 Å². The van der Waals surface area contributed by atoms with Crippen LogP contribution in [0.3, 0.4) is 0 Å². The Hall–Kier alpha value is -3.70. The van der Waals surface area contributed by atoms with Crippen LogP contribution in [0.1, 0.15) is 5.56 Å². The third-order valence-electron chi connectivity index (χ3n) is 5.09. The van der Waals surface area contributed by atoms with Crippen molar-refractivity contribution in [2.24, 2.45) is 0 Å². The number of nitrogens with zero attached hydrogens (tertiary/aromatic N) is 1. The zero-order chi connectivity index (χ0) is 21.0. The van der Waals surface area contributed by atoms with Crippen molar-refractivity contribution in [1.29, 1.82) is 0 Å². The van der Waals surface area contributed by atoms with E-state index in [9.17, 15) is 4.79 Å². The molecular weight excluding hydrogens is 404 g/mol. The summed E-state index contributed by atoms with van der Waals surface area (Å²) in [5, 5.41) is 6.02. The zero-order valence-corrected chi connectivity index (χ0v) is 17.6. The van der Waals surface area contributed by atoms with Gasteiger partial charge in [0.25, 0.3) is 5.91 Å². The summed E-state index contributed by atoms with van der Waals surface area (Å²) in [4.78, 5) is 17.0. The van der Waals surface area contributed by atoms with Gasteiger partial charge in [0.1, 0.15) is 10.8 Å². The minimum atomic E-state index is -0.150. The Morgan fingerprint density at radius 2 is 1.65 bits per heavy atom. The highest BCUT2D eigenvalue weighted by atomic mass is 32.1. The summed E-state index contributed by atoms with van der Waals surface area (Å²) < 4.78 is 6.94. The van der Waals surface area contributed by atoms with Crippen LogP contribution < -0.4 is 10.1 Å². The SMILES string of the molecule is O=C(COc1cccc2ccccc12)NCc1ccc(-c2nc3ccccc3s2)cc1. The average Bonchev–Trinajstić information content (AvgIpc) is 3.26. The van der Waals surface area contributed by atoms with E-state index >= 15 is 0 Å². The van der Waals surface area contributed by atoms with Crippen LogP contribution in [-0.4, -0.2) is 17.5 Å². The van der Waals surface area contributed by atoms with Crippen molar-refractivity contribution in [3.63, 3.8) is 0 Å². The second kappa shape index (κ2) is 8.58. The molecule has 1 heterocycles. The topological polar surface area (TPSA) is 51.2 Å². The lowest BCUT2D eigenvalue weighted by Gasteiger charge is -2.10. The molecule has 0 bridgehead atoms. The van der Waals surface area contributed by atoms with E-state index in [-0.39, 0.29) is 12.5 Å². The van der Waals surface area contributed by atoms with Gasteiger partial charge in [0.2, 0.25) is 0 Å². The van der Waals surface area contributed by atoms with E-state index in [1.54, 1.807) is 11.3 Å². The van der Waals surface area contributed by atoms with Crippen LogP contribution in [0.2, 0.25) is 0 Å². The highest BCUT2D eigenvalue weighted by Gasteiger charge is 2.08. The molecule has 4 nitrogen and oxygen atoms in total. The van der Waals surface area contributed by atoms with Crippen molar-refractivity contribution < 1.29 is 9.53 Å². The van der Waals surface area contributed by atoms with Crippen LogP contribution in [0.15, 0.2) is 91.0 Å². The molecule has 0 saturated carbocycles. The second-order valence-corrected chi connectivity index (χ2v) is 8.26. The van der Waals surface area contributed by atoms with Crippen LogP contribution >= 0.6 is 11.3 Å². The molecule has 0 saturated heterocycles. The fraction of sp³-hybridized carbons (Fsp3) is 0.0769. The number of hydrogen-bond donors (Lipinski definition) is 1. The lowest BCUT2D eigenvalue weighted by Crippen LogP contribution is -2.28. The monoisotopic (exact) mass is 424 g/mol. The number of carbonyl (C=O) groups excluding carboxylic acids is 1. The minimum Gasteiger partial charge on any atom is -0.483 e. The largest absolute Gasteiger partial charge is 0.483 e. The molecule has 0 atom stereocenters.